The number of phenols is 1. The van der Waals surface area contributed by atoms with Crippen molar-refractivity contribution >= 4 is 5.91 Å². The SMILES string of the molecule is CNC(=O)C1CCCCN1Cc1ccc(OC)cc1O. The van der Waals surface area contributed by atoms with Crippen molar-refractivity contribution in [3.05, 3.63) is 23.8 Å². The van der Waals surface area contributed by atoms with Gasteiger partial charge in [-0.2, -0.15) is 0 Å². The zero-order chi connectivity index (χ0) is 14.5. The van der Waals surface area contributed by atoms with Crippen LogP contribution >= 0.6 is 0 Å². The van der Waals surface area contributed by atoms with Crippen LogP contribution in [0.3, 0.4) is 0 Å². The Morgan fingerprint density at radius 3 is 2.95 bits per heavy atom. The molecule has 1 aromatic rings. The van der Waals surface area contributed by atoms with E-state index < -0.39 is 0 Å². The maximum atomic E-state index is 11.9. The van der Waals surface area contributed by atoms with E-state index in [0.29, 0.717) is 12.3 Å². The molecule has 2 rings (SSSR count). The zero-order valence-electron chi connectivity index (χ0n) is 12.1. The van der Waals surface area contributed by atoms with Crippen LogP contribution in [0.2, 0.25) is 0 Å². The molecule has 1 amide bonds. The smallest absolute Gasteiger partial charge is 0.237 e. The van der Waals surface area contributed by atoms with Crippen molar-refractivity contribution in [3.63, 3.8) is 0 Å². The molecular formula is C15H22N2O3. The Labute approximate surface area is 119 Å². The van der Waals surface area contributed by atoms with Crippen molar-refractivity contribution in [2.75, 3.05) is 20.7 Å². The second-order valence-electron chi connectivity index (χ2n) is 5.09. The maximum absolute atomic E-state index is 11.9. The van der Waals surface area contributed by atoms with E-state index in [9.17, 15) is 9.90 Å². The second kappa shape index (κ2) is 6.61. The number of phenolic OH excluding ortho intramolecular Hbond substituents is 1. The summed E-state index contributed by atoms with van der Waals surface area (Å²) in [6, 6.07) is 5.18. The van der Waals surface area contributed by atoms with Gasteiger partial charge in [-0.25, -0.2) is 0 Å². The highest BCUT2D eigenvalue weighted by molar-refractivity contribution is 5.81. The Morgan fingerprint density at radius 1 is 1.50 bits per heavy atom. The average Bonchev–Trinajstić information content (AvgIpc) is 2.49. The highest BCUT2D eigenvalue weighted by atomic mass is 16.5. The van der Waals surface area contributed by atoms with Crippen LogP contribution in [0, 0.1) is 0 Å². The lowest BCUT2D eigenvalue weighted by molar-refractivity contribution is -0.127. The maximum Gasteiger partial charge on any atom is 0.237 e. The lowest BCUT2D eigenvalue weighted by atomic mass is 10.00. The fourth-order valence-corrected chi connectivity index (χ4v) is 2.67. The number of benzene rings is 1. The fraction of sp³-hybridized carbons (Fsp3) is 0.533. The normalized spacial score (nSPS) is 19.6. The van der Waals surface area contributed by atoms with Crippen molar-refractivity contribution in [1.82, 2.24) is 10.2 Å². The first-order valence-electron chi connectivity index (χ1n) is 6.97. The first kappa shape index (κ1) is 14.7. The molecule has 1 aromatic carbocycles. The molecular weight excluding hydrogens is 256 g/mol. The number of aromatic hydroxyl groups is 1. The number of carbonyl (C=O) groups excluding carboxylic acids is 1. The first-order chi connectivity index (χ1) is 9.65. The van der Waals surface area contributed by atoms with Gasteiger partial charge in [0.25, 0.3) is 0 Å². The van der Waals surface area contributed by atoms with Gasteiger partial charge in [0.1, 0.15) is 11.5 Å². The van der Waals surface area contributed by atoms with E-state index in [4.69, 9.17) is 4.74 Å². The standard InChI is InChI=1S/C15H22N2O3/c1-16-15(19)13-5-3-4-8-17(13)10-11-6-7-12(20-2)9-14(11)18/h6-7,9,13,18H,3-5,8,10H2,1-2H3,(H,16,19). The van der Waals surface area contributed by atoms with E-state index in [1.54, 1.807) is 20.2 Å². The molecule has 5 heteroatoms. The third kappa shape index (κ3) is 3.22. The van der Waals surface area contributed by atoms with Gasteiger partial charge < -0.3 is 15.2 Å². The van der Waals surface area contributed by atoms with Crippen LogP contribution in [0.1, 0.15) is 24.8 Å². The summed E-state index contributed by atoms with van der Waals surface area (Å²) < 4.78 is 5.08. The summed E-state index contributed by atoms with van der Waals surface area (Å²) in [7, 11) is 3.24. The summed E-state index contributed by atoms with van der Waals surface area (Å²) in [6.45, 7) is 1.46. The monoisotopic (exact) mass is 278 g/mol. The quantitative estimate of drug-likeness (QED) is 0.876. The highest BCUT2D eigenvalue weighted by Gasteiger charge is 2.28. The number of likely N-dealkylation sites (N-methyl/N-ethyl adjacent to an activating group) is 1. The third-order valence-corrected chi connectivity index (χ3v) is 3.83. The summed E-state index contributed by atoms with van der Waals surface area (Å²) in [5.74, 6) is 0.899. The minimum absolute atomic E-state index is 0.0534. The molecule has 0 radical (unpaired) electrons. The number of methoxy groups -OCH3 is 1. The molecule has 1 heterocycles. The minimum Gasteiger partial charge on any atom is -0.507 e. The van der Waals surface area contributed by atoms with Gasteiger partial charge in [0.05, 0.1) is 13.2 Å². The van der Waals surface area contributed by atoms with Crippen LogP contribution in [0.25, 0.3) is 0 Å². The van der Waals surface area contributed by atoms with Crippen molar-refractivity contribution in [2.24, 2.45) is 0 Å². The van der Waals surface area contributed by atoms with E-state index in [1.807, 2.05) is 12.1 Å². The van der Waals surface area contributed by atoms with Crippen molar-refractivity contribution in [2.45, 2.75) is 31.8 Å². The molecule has 0 aromatic heterocycles. The van der Waals surface area contributed by atoms with Gasteiger partial charge in [-0.05, 0) is 25.5 Å². The van der Waals surface area contributed by atoms with E-state index in [2.05, 4.69) is 10.2 Å². The third-order valence-electron chi connectivity index (χ3n) is 3.83. The van der Waals surface area contributed by atoms with Crippen molar-refractivity contribution < 1.29 is 14.6 Å². The minimum atomic E-state index is -0.102. The van der Waals surface area contributed by atoms with Gasteiger partial charge in [-0.1, -0.05) is 12.5 Å². The summed E-state index contributed by atoms with van der Waals surface area (Å²) in [5.41, 5.74) is 0.821. The molecule has 0 saturated carbocycles. The van der Waals surface area contributed by atoms with Gasteiger partial charge >= 0.3 is 0 Å². The first-order valence-corrected chi connectivity index (χ1v) is 6.97. The molecule has 1 unspecified atom stereocenters. The topological polar surface area (TPSA) is 61.8 Å². The molecule has 20 heavy (non-hydrogen) atoms. The van der Waals surface area contributed by atoms with E-state index in [-0.39, 0.29) is 17.7 Å². The van der Waals surface area contributed by atoms with E-state index in [1.165, 1.54) is 0 Å². The number of hydrogen-bond acceptors (Lipinski definition) is 4. The van der Waals surface area contributed by atoms with Gasteiger partial charge in [0.15, 0.2) is 0 Å². The van der Waals surface area contributed by atoms with Crippen LogP contribution in [0.4, 0.5) is 0 Å². The van der Waals surface area contributed by atoms with Crippen LogP contribution in [0.15, 0.2) is 18.2 Å². The Bertz CT molecular complexity index is 476. The number of hydrogen-bond donors (Lipinski definition) is 2. The number of likely N-dealkylation sites (tertiary alicyclic amines) is 1. The lowest BCUT2D eigenvalue weighted by Gasteiger charge is -2.34. The number of nitrogens with zero attached hydrogens (tertiary/aromatic N) is 1. The van der Waals surface area contributed by atoms with Gasteiger partial charge in [-0.3, -0.25) is 9.69 Å². The lowest BCUT2D eigenvalue weighted by Crippen LogP contribution is -2.48. The van der Waals surface area contributed by atoms with E-state index >= 15 is 0 Å². The number of ether oxygens (including phenoxy) is 1. The van der Waals surface area contributed by atoms with Gasteiger partial charge in [0.2, 0.25) is 5.91 Å². The summed E-state index contributed by atoms with van der Waals surface area (Å²) in [5, 5.41) is 12.7. The van der Waals surface area contributed by atoms with Crippen molar-refractivity contribution in [1.29, 1.82) is 0 Å². The number of amides is 1. The molecule has 1 aliphatic rings. The Morgan fingerprint density at radius 2 is 2.30 bits per heavy atom. The summed E-state index contributed by atoms with van der Waals surface area (Å²) >= 11 is 0. The predicted molar refractivity (Wildman–Crippen MR) is 76.8 cm³/mol. The van der Waals surface area contributed by atoms with Crippen LogP contribution in [-0.4, -0.2) is 42.7 Å². The van der Waals surface area contributed by atoms with Crippen LogP contribution < -0.4 is 10.1 Å². The Balaban J connectivity index is 2.12. The highest BCUT2D eigenvalue weighted by Crippen LogP contribution is 2.27. The second-order valence-corrected chi connectivity index (χ2v) is 5.09. The largest absolute Gasteiger partial charge is 0.507 e. The molecule has 1 aliphatic heterocycles. The number of carbonyl (C=O) groups is 1. The molecule has 0 bridgehead atoms. The molecule has 2 N–H and O–H groups in total. The van der Waals surface area contributed by atoms with Crippen LogP contribution in [-0.2, 0) is 11.3 Å². The average molecular weight is 278 g/mol. The molecule has 1 fully saturated rings. The fourth-order valence-electron chi connectivity index (χ4n) is 2.67. The Kier molecular flexibility index (Phi) is 4.84. The number of piperidine rings is 1. The molecule has 5 nitrogen and oxygen atoms in total. The zero-order valence-corrected chi connectivity index (χ0v) is 12.1. The summed E-state index contributed by atoms with van der Waals surface area (Å²) in [4.78, 5) is 14.0. The predicted octanol–water partition coefficient (Wildman–Crippen LogP) is 1.50. The molecule has 0 spiro atoms. The van der Waals surface area contributed by atoms with Crippen molar-refractivity contribution in [3.8, 4) is 11.5 Å². The number of rotatable bonds is 4. The Hall–Kier alpha value is -1.75. The number of nitrogens with one attached hydrogen (secondary N) is 1. The molecule has 0 aliphatic carbocycles. The molecule has 1 atom stereocenters. The molecule has 1 saturated heterocycles. The summed E-state index contributed by atoms with van der Waals surface area (Å²) in [6.07, 6.45) is 3.03. The molecule has 110 valence electrons. The van der Waals surface area contributed by atoms with E-state index in [0.717, 1.165) is 31.4 Å². The van der Waals surface area contributed by atoms with Crippen LogP contribution in [0.5, 0.6) is 11.5 Å². The van der Waals surface area contributed by atoms with Gasteiger partial charge in [0, 0.05) is 25.2 Å². The van der Waals surface area contributed by atoms with Gasteiger partial charge in [-0.15, -0.1) is 0 Å².